The molecule has 2 heterocycles. The molecule has 0 aromatic rings. The number of piperidine rings is 2. The van der Waals surface area contributed by atoms with Gasteiger partial charge in [0, 0.05) is 24.9 Å². The van der Waals surface area contributed by atoms with E-state index >= 15 is 0 Å². The second-order valence-electron chi connectivity index (χ2n) is 3.95. The summed E-state index contributed by atoms with van der Waals surface area (Å²) in [5.74, 6) is 0.395. The fourth-order valence-corrected chi connectivity index (χ4v) is 2.33. The van der Waals surface area contributed by atoms with E-state index in [0.717, 1.165) is 12.8 Å². The quantitative estimate of drug-likeness (QED) is 0.634. The van der Waals surface area contributed by atoms with Gasteiger partial charge in [0.05, 0.1) is 6.61 Å². The van der Waals surface area contributed by atoms with Gasteiger partial charge in [-0.2, -0.15) is 0 Å². The van der Waals surface area contributed by atoms with E-state index < -0.39 is 0 Å². The van der Waals surface area contributed by atoms with Crippen LogP contribution in [0.3, 0.4) is 0 Å². The Kier molecular flexibility index (Phi) is 2.44. The van der Waals surface area contributed by atoms with Crippen molar-refractivity contribution in [3.63, 3.8) is 0 Å². The molecule has 0 N–H and O–H groups in total. The number of Topliss-reactive ketones (excluding diaryl/α,β-unsaturated/α-hetero) is 1. The molecule has 78 valence electrons. The van der Waals surface area contributed by atoms with Gasteiger partial charge in [0.2, 0.25) is 0 Å². The van der Waals surface area contributed by atoms with Crippen molar-refractivity contribution in [2.45, 2.75) is 32.2 Å². The molecule has 4 nitrogen and oxygen atoms in total. The Morgan fingerprint density at radius 2 is 2.36 bits per heavy atom. The summed E-state index contributed by atoms with van der Waals surface area (Å²) in [7, 11) is 0. The lowest BCUT2D eigenvalue weighted by Crippen LogP contribution is -2.54. The summed E-state index contributed by atoms with van der Waals surface area (Å²) in [5, 5.41) is 0. The van der Waals surface area contributed by atoms with Gasteiger partial charge in [-0.1, -0.05) is 0 Å². The zero-order chi connectivity index (χ0) is 10.1. The second kappa shape index (κ2) is 3.59. The average molecular weight is 197 g/mol. The zero-order valence-corrected chi connectivity index (χ0v) is 8.36. The fourth-order valence-electron chi connectivity index (χ4n) is 2.33. The minimum Gasteiger partial charge on any atom is -0.450 e. The van der Waals surface area contributed by atoms with Crippen molar-refractivity contribution >= 4 is 11.9 Å². The van der Waals surface area contributed by atoms with E-state index in [9.17, 15) is 9.59 Å². The van der Waals surface area contributed by atoms with Crippen LogP contribution in [0.25, 0.3) is 0 Å². The van der Waals surface area contributed by atoms with Crippen molar-refractivity contribution < 1.29 is 14.3 Å². The summed E-state index contributed by atoms with van der Waals surface area (Å²) in [4.78, 5) is 24.6. The molecule has 2 aliphatic heterocycles. The summed E-state index contributed by atoms with van der Waals surface area (Å²) in [5.41, 5.74) is 0. The van der Waals surface area contributed by atoms with Crippen LogP contribution in [-0.2, 0) is 9.53 Å². The van der Waals surface area contributed by atoms with Crippen LogP contribution in [0.4, 0.5) is 4.79 Å². The molecular formula is C10H15NO3. The Morgan fingerprint density at radius 1 is 1.57 bits per heavy atom. The third-order valence-electron chi connectivity index (χ3n) is 3.10. The van der Waals surface area contributed by atoms with E-state index in [1.54, 1.807) is 11.8 Å². The third-order valence-corrected chi connectivity index (χ3v) is 3.10. The van der Waals surface area contributed by atoms with Gasteiger partial charge in [0.25, 0.3) is 0 Å². The predicted octanol–water partition coefficient (Wildman–Crippen LogP) is 1.20. The highest BCUT2D eigenvalue weighted by Gasteiger charge is 2.41. The average Bonchev–Trinajstić information content (AvgIpc) is 2.18. The summed E-state index contributed by atoms with van der Waals surface area (Å²) < 4.78 is 4.94. The van der Waals surface area contributed by atoms with Crippen molar-refractivity contribution in [3.8, 4) is 0 Å². The maximum Gasteiger partial charge on any atom is 0.410 e. The first-order chi connectivity index (χ1) is 6.72. The number of ether oxygens (including phenoxy) is 1. The van der Waals surface area contributed by atoms with Gasteiger partial charge >= 0.3 is 6.09 Å². The molecule has 1 amide bonds. The zero-order valence-electron chi connectivity index (χ0n) is 8.36. The summed E-state index contributed by atoms with van der Waals surface area (Å²) in [6, 6.07) is 0.103. The summed E-state index contributed by atoms with van der Waals surface area (Å²) >= 11 is 0. The van der Waals surface area contributed by atoms with Crippen LogP contribution in [0.1, 0.15) is 26.2 Å². The third kappa shape index (κ3) is 1.49. The van der Waals surface area contributed by atoms with Gasteiger partial charge in [-0.3, -0.25) is 4.79 Å². The SMILES string of the molecule is CCOC(=O)N1CC2CCC1CC2=O. The van der Waals surface area contributed by atoms with Gasteiger partial charge < -0.3 is 9.64 Å². The molecule has 2 saturated heterocycles. The molecular weight excluding hydrogens is 182 g/mol. The van der Waals surface area contributed by atoms with Crippen LogP contribution in [-0.4, -0.2) is 36.0 Å². The van der Waals surface area contributed by atoms with Crippen LogP contribution in [0, 0.1) is 5.92 Å². The second-order valence-corrected chi connectivity index (χ2v) is 3.95. The molecule has 0 aromatic heterocycles. The van der Waals surface area contributed by atoms with E-state index in [2.05, 4.69) is 0 Å². The molecule has 2 atom stereocenters. The lowest BCUT2D eigenvalue weighted by molar-refractivity contribution is -0.131. The highest BCUT2D eigenvalue weighted by atomic mass is 16.6. The predicted molar refractivity (Wildman–Crippen MR) is 49.9 cm³/mol. The molecule has 0 spiro atoms. The minimum absolute atomic E-state index is 0.0735. The Labute approximate surface area is 83.2 Å². The van der Waals surface area contributed by atoms with Crippen molar-refractivity contribution in [2.24, 2.45) is 5.92 Å². The Balaban J connectivity index is 2.03. The molecule has 0 aromatic carbocycles. The van der Waals surface area contributed by atoms with Crippen molar-refractivity contribution in [3.05, 3.63) is 0 Å². The monoisotopic (exact) mass is 197 g/mol. The van der Waals surface area contributed by atoms with E-state index in [1.807, 2.05) is 0 Å². The first-order valence-corrected chi connectivity index (χ1v) is 5.18. The molecule has 4 heteroatoms. The van der Waals surface area contributed by atoms with Crippen LogP contribution < -0.4 is 0 Å². The molecule has 2 unspecified atom stereocenters. The smallest absolute Gasteiger partial charge is 0.410 e. The number of rotatable bonds is 1. The van der Waals surface area contributed by atoms with Crippen LogP contribution in [0.2, 0.25) is 0 Å². The number of ketones is 1. The van der Waals surface area contributed by atoms with E-state index in [4.69, 9.17) is 4.74 Å². The molecule has 0 radical (unpaired) electrons. The van der Waals surface area contributed by atoms with Gasteiger partial charge in [-0.05, 0) is 19.8 Å². The van der Waals surface area contributed by atoms with Crippen molar-refractivity contribution in [1.82, 2.24) is 4.90 Å². The van der Waals surface area contributed by atoms with Crippen LogP contribution in [0.5, 0.6) is 0 Å². The minimum atomic E-state index is -0.255. The lowest BCUT2D eigenvalue weighted by atomic mass is 9.79. The standard InChI is InChI=1S/C10H15NO3/c1-2-14-10(13)11-6-7-3-4-8(11)5-9(7)12/h7-8H,2-6H2,1H3. The van der Waals surface area contributed by atoms with Crippen molar-refractivity contribution in [2.75, 3.05) is 13.2 Å². The summed E-state index contributed by atoms with van der Waals surface area (Å²) in [6.07, 6.45) is 2.17. The van der Waals surface area contributed by atoms with Crippen LogP contribution in [0.15, 0.2) is 0 Å². The highest BCUT2D eigenvalue weighted by molar-refractivity contribution is 5.85. The van der Waals surface area contributed by atoms with E-state index in [1.165, 1.54) is 0 Å². The first-order valence-electron chi connectivity index (χ1n) is 5.18. The summed E-state index contributed by atoms with van der Waals surface area (Å²) in [6.45, 7) is 2.77. The van der Waals surface area contributed by atoms with E-state index in [-0.39, 0.29) is 18.1 Å². The number of carbonyl (C=O) groups is 2. The molecule has 2 bridgehead atoms. The maximum atomic E-state index is 11.5. The molecule has 3 rings (SSSR count). The maximum absolute atomic E-state index is 11.5. The molecule has 3 aliphatic rings. The van der Waals surface area contributed by atoms with Gasteiger partial charge in [-0.15, -0.1) is 0 Å². The fraction of sp³-hybridized carbons (Fsp3) is 0.800. The Morgan fingerprint density at radius 3 is 2.86 bits per heavy atom. The van der Waals surface area contributed by atoms with Gasteiger partial charge in [0.15, 0.2) is 0 Å². The molecule has 1 saturated carbocycles. The molecule has 3 fully saturated rings. The molecule has 14 heavy (non-hydrogen) atoms. The largest absolute Gasteiger partial charge is 0.450 e. The number of amides is 1. The number of carbonyl (C=O) groups excluding carboxylic acids is 2. The lowest BCUT2D eigenvalue weighted by Gasteiger charge is -2.43. The Hall–Kier alpha value is -1.06. The highest BCUT2D eigenvalue weighted by Crippen LogP contribution is 2.32. The van der Waals surface area contributed by atoms with Gasteiger partial charge in [-0.25, -0.2) is 4.79 Å². The topological polar surface area (TPSA) is 46.6 Å². The number of hydrogen-bond acceptors (Lipinski definition) is 3. The van der Waals surface area contributed by atoms with E-state index in [0.29, 0.717) is 25.4 Å². The normalized spacial score (nSPS) is 30.6. The number of fused-ring (bicyclic) bond motifs is 3. The van der Waals surface area contributed by atoms with Crippen molar-refractivity contribution in [1.29, 1.82) is 0 Å². The number of nitrogens with zero attached hydrogens (tertiary/aromatic N) is 1. The molecule has 1 aliphatic carbocycles. The Bertz CT molecular complexity index is 264. The van der Waals surface area contributed by atoms with Gasteiger partial charge in [0.1, 0.15) is 5.78 Å². The number of hydrogen-bond donors (Lipinski definition) is 0. The first kappa shape index (κ1) is 9.49. The van der Waals surface area contributed by atoms with Crippen LogP contribution >= 0.6 is 0 Å².